The molecule has 0 aromatic heterocycles. The zero-order valence-corrected chi connectivity index (χ0v) is 25.6. The van der Waals surface area contributed by atoms with Crippen molar-refractivity contribution in [1.82, 2.24) is 5.32 Å². The Kier molecular flexibility index (Phi) is 10.7. The maximum atomic E-state index is 13.3. The van der Waals surface area contributed by atoms with Crippen molar-refractivity contribution < 1.29 is 24.0 Å². The van der Waals surface area contributed by atoms with E-state index in [0.29, 0.717) is 28.3 Å². The number of non-ortho nitro benzene ring substituents is 1. The van der Waals surface area contributed by atoms with Crippen molar-refractivity contribution in [2.45, 2.75) is 4.90 Å². The molecule has 10 nitrogen and oxygen atoms in total. The summed E-state index contributed by atoms with van der Waals surface area (Å²) in [6.45, 7) is 0. The van der Waals surface area contributed by atoms with Crippen LogP contribution < -0.4 is 20.7 Å². The number of rotatable bonds is 12. The Hall–Kier alpha value is -6.20. The second-order valence-corrected chi connectivity index (χ2v) is 11.0. The Morgan fingerprint density at radius 1 is 0.702 bits per heavy atom. The van der Waals surface area contributed by atoms with Crippen molar-refractivity contribution in [2.24, 2.45) is 0 Å². The molecule has 5 rings (SSSR count). The summed E-state index contributed by atoms with van der Waals surface area (Å²) >= 11 is 1.33. The summed E-state index contributed by atoms with van der Waals surface area (Å²) < 4.78 is 5.78. The van der Waals surface area contributed by atoms with E-state index in [2.05, 4.69) is 16.0 Å². The fraction of sp³-hybridized carbons (Fsp3) is 0.0278. The molecule has 0 aliphatic heterocycles. The molecule has 0 aliphatic rings. The van der Waals surface area contributed by atoms with Gasteiger partial charge in [0.15, 0.2) is 0 Å². The molecular formula is C36H28N4O6S. The molecule has 0 radical (unpaired) electrons. The first-order valence-electron chi connectivity index (χ1n) is 14.3. The Morgan fingerprint density at radius 2 is 1.28 bits per heavy atom. The summed E-state index contributed by atoms with van der Waals surface area (Å²) in [6, 6.07) is 37.4. The quantitative estimate of drug-likeness (QED) is 0.0552. The minimum atomic E-state index is -0.590. The van der Waals surface area contributed by atoms with E-state index < -0.39 is 16.7 Å². The van der Waals surface area contributed by atoms with Crippen molar-refractivity contribution in [1.29, 1.82) is 0 Å². The second-order valence-electron chi connectivity index (χ2n) is 9.98. The molecule has 0 saturated carbocycles. The molecule has 0 bridgehead atoms. The lowest BCUT2D eigenvalue weighted by Crippen LogP contribution is -2.30. The number of para-hydroxylation sites is 1. The van der Waals surface area contributed by atoms with E-state index in [1.165, 1.54) is 42.1 Å². The van der Waals surface area contributed by atoms with E-state index in [0.717, 1.165) is 10.6 Å². The van der Waals surface area contributed by atoms with Crippen LogP contribution in [-0.4, -0.2) is 28.4 Å². The molecule has 5 aromatic rings. The van der Waals surface area contributed by atoms with Gasteiger partial charge in [0.1, 0.15) is 17.2 Å². The Balaban J connectivity index is 1.17. The molecule has 11 heteroatoms. The van der Waals surface area contributed by atoms with E-state index >= 15 is 0 Å². The average molecular weight is 645 g/mol. The largest absolute Gasteiger partial charge is 0.457 e. The van der Waals surface area contributed by atoms with Crippen molar-refractivity contribution in [3.63, 3.8) is 0 Å². The van der Waals surface area contributed by atoms with Crippen LogP contribution in [0.3, 0.4) is 0 Å². The standard InChI is InChI=1S/C36H28N4O6S/c41-34(37-27-13-19-31(20-14-27)46-30-9-5-2-6-10-30)24-47-32-21-15-28(16-22-32)38-36(43)33(39-35(42)26-7-3-1-4-8-26)23-25-11-17-29(18-12-25)40(44)45/h1-23H,24H2,(H,37,41)(H,38,43)(H,39,42)/b33-23-. The first-order chi connectivity index (χ1) is 22.8. The van der Waals surface area contributed by atoms with Crippen LogP contribution in [0.5, 0.6) is 11.5 Å². The van der Waals surface area contributed by atoms with Gasteiger partial charge in [-0.15, -0.1) is 11.8 Å². The van der Waals surface area contributed by atoms with Crippen LogP contribution in [-0.2, 0) is 9.59 Å². The Bertz CT molecular complexity index is 1880. The van der Waals surface area contributed by atoms with E-state index in [1.807, 2.05) is 30.3 Å². The molecule has 3 N–H and O–H groups in total. The third-order valence-electron chi connectivity index (χ3n) is 6.54. The highest BCUT2D eigenvalue weighted by molar-refractivity contribution is 8.00. The SMILES string of the molecule is O=C(CSc1ccc(NC(=O)/C(=C/c2ccc([N+](=O)[O-])cc2)NC(=O)c2ccccc2)cc1)Nc1ccc(Oc2ccccc2)cc1. The molecule has 0 unspecified atom stereocenters. The maximum Gasteiger partial charge on any atom is 0.272 e. The average Bonchev–Trinajstić information content (AvgIpc) is 3.09. The zero-order chi connectivity index (χ0) is 33.0. The number of thioether (sulfide) groups is 1. The summed E-state index contributed by atoms with van der Waals surface area (Å²) in [5.74, 6) is 0.285. The van der Waals surface area contributed by atoms with Gasteiger partial charge in [0, 0.05) is 34.0 Å². The van der Waals surface area contributed by atoms with Crippen molar-refractivity contribution >= 4 is 52.6 Å². The number of amides is 3. The first-order valence-corrected chi connectivity index (χ1v) is 15.3. The van der Waals surface area contributed by atoms with Crippen LogP contribution in [0, 0.1) is 10.1 Å². The van der Waals surface area contributed by atoms with Gasteiger partial charge in [0.2, 0.25) is 5.91 Å². The predicted molar refractivity (Wildman–Crippen MR) is 182 cm³/mol. The fourth-order valence-corrected chi connectivity index (χ4v) is 4.91. The molecule has 0 atom stereocenters. The highest BCUT2D eigenvalue weighted by Gasteiger charge is 2.16. The van der Waals surface area contributed by atoms with Gasteiger partial charge < -0.3 is 20.7 Å². The second kappa shape index (κ2) is 15.7. The van der Waals surface area contributed by atoms with Crippen molar-refractivity contribution in [2.75, 3.05) is 16.4 Å². The number of nitro benzene ring substituents is 1. The topological polar surface area (TPSA) is 140 Å². The number of nitrogens with zero attached hydrogens (tertiary/aromatic N) is 1. The predicted octanol–water partition coefficient (Wildman–Crippen LogP) is 7.53. The zero-order valence-electron chi connectivity index (χ0n) is 24.8. The van der Waals surface area contributed by atoms with Gasteiger partial charge in [-0.25, -0.2) is 0 Å². The highest BCUT2D eigenvalue weighted by atomic mass is 32.2. The van der Waals surface area contributed by atoms with Crippen LogP contribution >= 0.6 is 11.8 Å². The number of anilines is 2. The third kappa shape index (κ3) is 9.64. The molecule has 47 heavy (non-hydrogen) atoms. The summed E-state index contributed by atoms with van der Waals surface area (Å²) in [6.07, 6.45) is 1.44. The van der Waals surface area contributed by atoms with Crippen molar-refractivity contribution in [3.8, 4) is 11.5 Å². The lowest BCUT2D eigenvalue weighted by molar-refractivity contribution is -0.384. The molecule has 0 heterocycles. The monoisotopic (exact) mass is 644 g/mol. The number of ether oxygens (including phenoxy) is 1. The number of carbonyl (C=O) groups excluding carboxylic acids is 3. The maximum absolute atomic E-state index is 13.3. The molecule has 234 valence electrons. The first kappa shape index (κ1) is 32.2. The van der Waals surface area contributed by atoms with Gasteiger partial charge in [0.25, 0.3) is 17.5 Å². The van der Waals surface area contributed by atoms with Gasteiger partial charge in [-0.3, -0.25) is 24.5 Å². The third-order valence-corrected chi connectivity index (χ3v) is 7.55. The van der Waals surface area contributed by atoms with Crippen molar-refractivity contribution in [3.05, 3.63) is 160 Å². The van der Waals surface area contributed by atoms with Gasteiger partial charge in [-0.2, -0.15) is 0 Å². The molecule has 0 fully saturated rings. The summed E-state index contributed by atoms with van der Waals surface area (Å²) in [5.41, 5.74) is 1.80. The number of carbonyl (C=O) groups is 3. The van der Waals surface area contributed by atoms with Gasteiger partial charge in [-0.05, 0) is 96.6 Å². The minimum Gasteiger partial charge on any atom is -0.457 e. The molecule has 0 aliphatic carbocycles. The molecule has 3 amide bonds. The smallest absolute Gasteiger partial charge is 0.272 e. The molecular weight excluding hydrogens is 616 g/mol. The Labute approximate surface area is 274 Å². The number of benzene rings is 5. The normalized spacial score (nSPS) is 10.9. The van der Waals surface area contributed by atoms with Crippen LogP contribution in [0.15, 0.2) is 144 Å². The summed E-state index contributed by atoms with van der Waals surface area (Å²) in [7, 11) is 0. The van der Waals surface area contributed by atoms with Crippen LogP contribution in [0.1, 0.15) is 15.9 Å². The molecule has 5 aromatic carbocycles. The number of hydrogen-bond acceptors (Lipinski definition) is 7. The molecule has 0 saturated heterocycles. The lowest BCUT2D eigenvalue weighted by atomic mass is 10.1. The summed E-state index contributed by atoms with van der Waals surface area (Å²) in [4.78, 5) is 50.0. The van der Waals surface area contributed by atoms with E-state index in [-0.39, 0.29) is 23.0 Å². The van der Waals surface area contributed by atoms with E-state index in [4.69, 9.17) is 4.74 Å². The van der Waals surface area contributed by atoms with Gasteiger partial charge in [-0.1, -0.05) is 36.4 Å². The lowest BCUT2D eigenvalue weighted by Gasteiger charge is -2.12. The fourth-order valence-electron chi connectivity index (χ4n) is 4.21. The van der Waals surface area contributed by atoms with E-state index in [9.17, 15) is 24.5 Å². The van der Waals surface area contributed by atoms with Crippen LogP contribution in [0.2, 0.25) is 0 Å². The van der Waals surface area contributed by atoms with E-state index in [1.54, 1.807) is 78.9 Å². The number of nitro groups is 1. The number of nitrogens with one attached hydrogen (secondary N) is 3. The number of hydrogen-bond donors (Lipinski definition) is 3. The minimum absolute atomic E-state index is 0.0533. The van der Waals surface area contributed by atoms with Gasteiger partial charge >= 0.3 is 0 Å². The van der Waals surface area contributed by atoms with Crippen LogP contribution in [0.4, 0.5) is 17.1 Å². The molecule has 0 spiro atoms. The summed E-state index contributed by atoms with van der Waals surface area (Å²) in [5, 5.41) is 19.3. The van der Waals surface area contributed by atoms with Crippen LogP contribution in [0.25, 0.3) is 6.08 Å². The van der Waals surface area contributed by atoms with Gasteiger partial charge in [0.05, 0.1) is 10.7 Å². The Morgan fingerprint density at radius 3 is 1.91 bits per heavy atom. The highest BCUT2D eigenvalue weighted by Crippen LogP contribution is 2.24.